The van der Waals surface area contributed by atoms with Crippen LogP contribution in [0, 0.1) is 5.92 Å². The number of ether oxygens (including phenoxy) is 2. The molecule has 148 valence electrons. The summed E-state index contributed by atoms with van der Waals surface area (Å²) in [4.78, 5) is 26.3. The summed E-state index contributed by atoms with van der Waals surface area (Å²) in [5.41, 5.74) is 1.43. The Bertz CT molecular complexity index is 845. The van der Waals surface area contributed by atoms with Gasteiger partial charge >= 0.3 is 6.61 Å². The third kappa shape index (κ3) is 4.57. The molecule has 1 heterocycles. The van der Waals surface area contributed by atoms with Gasteiger partial charge in [0.05, 0.1) is 13.0 Å². The smallest absolute Gasteiger partial charge is 0.387 e. The van der Waals surface area contributed by atoms with Gasteiger partial charge < -0.3 is 19.7 Å². The zero-order chi connectivity index (χ0) is 20.1. The first kappa shape index (κ1) is 19.6. The van der Waals surface area contributed by atoms with Crippen molar-refractivity contribution in [3.8, 4) is 11.5 Å². The van der Waals surface area contributed by atoms with Gasteiger partial charge in [0, 0.05) is 25.2 Å². The van der Waals surface area contributed by atoms with Crippen molar-refractivity contribution in [3.05, 3.63) is 54.1 Å². The lowest BCUT2D eigenvalue weighted by atomic mass is 10.1. The molecule has 1 fully saturated rings. The van der Waals surface area contributed by atoms with Crippen molar-refractivity contribution in [2.75, 3.05) is 18.6 Å². The van der Waals surface area contributed by atoms with E-state index in [4.69, 9.17) is 4.74 Å². The topological polar surface area (TPSA) is 67.9 Å². The number of carbonyl (C=O) groups excluding carboxylic acids is 2. The molecule has 3 rings (SSSR count). The minimum Gasteiger partial charge on any atom is -0.493 e. The van der Waals surface area contributed by atoms with E-state index in [0.29, 0.717) is 12.1 Å². The van der Waals surface area contributed by atoms with E-state index < -0.39 is 12.5 Å². The number of alkyl halides is 2. The second-order valence-corrected chi connectivity index (χ2v) is 6.32. The molecule has 1 N–H and O–H groups in total. The Kier molecular flexibility index (Phi) is 6.08. The Morgan fingerprint density at radius 3 is 2.64 bits per heavy atom. The van der Waals surface area contributed by atoms with Gasteiger partial charge in [-0.25, -0.2) is 0 Å². The molecule has 1 aliphatic rings. The fourth-order valence-electron chi connectivity index (χ4n) is 3.09. The predicted octanol–water partition coefficient (Wildman–Crippen LogP) is 2.97. The van der Waals surface area contributed by atoms with Crippen LogP contribution in [0.4, 0.5) is 14.5 Å². The van der Waals surface area contributed by atoms with Crippen LogP contribution in [0.15, 0.2) is 48.5 Å². The highest BCUT2D eigenvalue weighted by molar-refractivity contribution is 6.00. The SMILES string of the molecule is COc1cc(CNC(=O)C2CC(=O)N(c3ccccc3)C2)ccc1OC(F)F. The van der Waals surface area contributed by atoms with Crippen LogP contribution in [0.5, 0.6) is 11.5 Å². The molecule has 2 aromatic carbocycles. The molecule has 0 saturated carbocycles. The fraction of sp³-hybridized carbons (Fsp3) is 0.300. The number of nitrogens with zero attached hydrogens (tertiary/aromatic N) is 1. The molecule has 28 heavy (non-hydrogen) atoms. The molecule has 0 radical (unpaired) electrons. The van der Waals surface area contributed by atoms with Gasteiger partial charge in [0.25, 0.3) is 0 Å². The van der Waals surface area contributed by atoms with Crippen molar-refractivity contribution < 1.29 is 27.8 Å². The summed E-state index contributed by atoms with van der Waals surface area (Å²) in [7, 11) is 1.35. The van der Waals surface area contributed by atoms with Gasteiger partial charge in [-0.15, -0.1) is 0 Å². The van der Waals surface area contributed by atoms with E-state index >= 15 is 0 Å². The zero-order valence-electron chi connectivity index (χ0n) is 15.2. The van der Waals surface area contributed by atoms with E-state index in [1.807, 2.05) is 30.3 Å². The third-order valence-corrected chi connectivity index (χ3v) is 4.47. The van der Waals surface area contributed by atoms with Gasteiger partial charge in [0.15, 0.2) is 11.5 Å². The molecule has 1 saturated heterocycles. The largest absolute Gasteiger partial charge is 0.493 e. The van der Waals surface area contributed by atoms with E-state index in [1.54, 1.807) is 11.0 Å². The number of anilines is 1. The molecule has 0 aliphatic carbocycles. The van der Waals surface area contributed by atoms with Gasteiger partial charge in [0.2, 0.25) is 11.8 Å². The van der Waals surface area contributed by atoms with Crippen molar-refractivity contribution in [2.45, 2.75) is 19.6 Å². The molecule has 1 atom stereocenters. The summed E-state index contributed by atoms with van der Waals surface area (Å²) in [6, 6.07) is 13.6. The van der Waals surface area contributed by atoms with E-state index in [9.17, 15) is 18.4 Å². The minimum atomic E-state index is -2.95. The first-order valence-corrected chi connectivity index (χ1v) is 8.72. The molecule has 8 heteroatoms. The van der Waals surface area contributed by atoms with Crippen LogP contribution in [-0.4, -0.2) is 32.1 Å². The highest BCUT2D eigenvalue weighted by Crippen LogP contribution is 2.29. The van der Waals surface area contributed by atoms with Gasteiger partial charge in [-0.1, -0.05) is 24.3 Å². The fourth-order valence-corrected chi connectivity index (χ4v) is 3.09. The molecule has 2 aromatic rings. The number of methoxy groups -OCH3 is 1. The number of amides is 2. The third-order valence-electron chi connectivity index (χ3n) is 4.47. The first-order chi connectivity index (χ1) is 13.5. The first-order valence-electron chi connectivity index (χ1n) is 8.72. The van der Waals surface area contributed by atoms with Gasteiger partial charge in [-0.2, -0.15) is 8.78 Å². The Hall–Kier alpha value is -3.16. The van der Waals surface area contributed by atoms with Crippen LogP contribution < -0.4 is 19.7 Å². The van der Waals surface area contributed by atoms with Crippen molar-refractivity contribution in [2.24, 2.45) is 5.92 Å². The van der Waals surface area contributed by atoms with Crippen molar-refractivity contribution >= 4 is 17.5 Å². The van der Waals surface area contributed by atoms with Crippen LogP contribution in [-0.2, 0) is 16.1 Å². The number of hydrogen-bond donors (Lipinski definition) is 1. The number of halogens is 2. The Morgan fingerprint density at radius 1 is 1.21 bits per heavy atom. The summed E-state index contributed by atoms with van der Waals surface area (Å²) in [5, 5.41) is 2.78. The Morgan fingerprint density at radius 2 is 1.96 bits per heavy atom. The Labute approximate surface area is 161 Å². The van der Waals surface area contributed by atoms with E-state index in [2.05, 4.69) is 10.1 Å². The number of nitrogens with one attached hydrogen (secondary N) is 1. The van der Waals surface area contributed by atoms with Gasteiger partial charge in [-0.3, -0.25) is 9.59 Å². The summed E-state index contributed by atoms with van der Waals surface area (Å²) in [6.07, 6.45) is 0.144. The molecular formula is C20H20F2N2O4. The predicted molar refractivity (Wildman–Crippen MR) is 98.4 cm³/mol. The molecule has 0 aromatic heterocycles. The molecule has 1 aliphatic heterocycles. The zero-order valence-corrected chi connectivity index (χ0v) is 15.2. The second-order valence-electron chi connectivity index (χ2n) is 6.32. The van der Waals surface area contributed by atoms with Gasteiger partial charge in [-0.05, 0) is 29.8 Å². The molecular weight excluding hydrogens is 370 g/mol. The maximum atomic E-state index is 12.5. The minimum absolute atomic E-state index is 0.0764. The monoisotopic (exact) mass is 390 g/mol. The number of para-hydroxylation sites is 1. The van der Waals surface area contributed by atoms with Crippen molar-refractivity contribution in [1.82, 2.24) is 5.32 Å². The molecule has 1 unspecified atom stereocenters. The van der Waals surface area contributed by atoms with Crippen molar-refractivity contribution in [3.63, 3.8) is 0 Å². The average molecular weight is 390 g/mol. The lowest BCUT2D eigenvalue weighted by molar-refractivity contribution is -0.126. The quantitative estimate of drug-likeness (QED) is 0.789. The van der Waals surface area contributed by atoms with E-state index in [1.165, 1.54) is 19.2 Å². The summed E-state index contributed by atoms with van der Waals surface area (Å²) in [5.74, 6) is -0.706. The second kappa shape index (κ2) is 8.69. The van der Waals surface area contributed by atoms with Crippen molar-refractivity contribution in [1.29, 1.82) is 0 Å². The van der Waals surface area contributed by atoms with Crippen LogP contribution in [0.2, 0.25) is 0 Å². The summed E-state index contributed by atoms with van der Waals surface area (Å²) in [6.45, 7) is -2.45. The summed E-state index contributed by atoms with van der Waals surface area (Å²) < 4.78 is 34.2. The number of carbonyl (C=O) groups is 2. The molecule has 0 spiro atoms. The van der Waals surface area contributed by atoms with Crippen LogP contribution in [0.1, 0.15) is 12.0 Å². The highest BCUT2D eigenvalue weighted by Gasteiger charge is 2.34. The van der Waals surface area contributed by atoms with Crippen LogP contribution in [0.3, 0.4) is 0 Å². The van der Waals surface area contributed by atoms with Crippen LogP contribution >= 0.6 is 0 Å². The number of rotatable bonds is 7. The molecule has 0 bridgehead atoms. The molecule has 6 nitrogen and oxygen atoms in total. The lowest BCUT2D eigenvalue weighted by Crippen LogP contribution is -2.32. The standard InChI is InChI=1S/C20H20F2N2O4/c1-27-17-9-13(7-8-16(17)28-20(21)22)11-23-19(26)14-10-18(25)24(12-14)15-5-3-2-4-6-15/h2-9,14,20H,10-12H2,1H3,(H,23,26). The normalized spacial score (nSPS) is 16.4. The van der Waals surface area contributed by atoms with E-state index in [0.717, 1.165) is 5.69 Å². The molecule has 2 amide bonds. The van der Waals surface area contributed by atoms with Crippen LogP contribution in [0.25, 0.3) is 0 Å². The van der Waals surface area contributed by atoms with E-state index in [-0.39, 0.29) is 36.3 Å². The number of benzene rings is 2. The Balaban J connectivity index is 1.59. The number of hydrogen-bond acceptors (Lipinski definition) is 4. The average Bonchev–Trinajstić information content (AvgIpc) is 3.09. The summed E-state index contributed by atoms with van der Waals surface area (Å²) >= 11 is 0. The highest BCUT2D eigenvalue weighted by atomic mass is 19.3. The van der Waals surface area contributed by atoms with Gasteiger partial charge in [0.1, 0.15) is 0 Å². The maximum absolute atomic E-state index is 12.5. The lowest BCUT2D eigenvalue weighted by Gasteiger charge is -2.16. The maximum Gasteiger partial charge on any atom is 0.387 e.